The molecule has 0 bridgehead atoms. The molecule has 1 amide bonds. The van der Waals surface area contributed by atoms with E-state index in [0.29, 0.717) is 5.75 Å². The fourth-order valence-corrected chi connectivity index (χ4v) is 3.48. The van der Waals surface area contributed by atoms with Crippen LogP contribution in [0.15, 0.2) is 54.6 Å². The number of anilines is 1. The smallest absolute Gasteiger partial charge is 0.497 e. The number of amides is 1. The van der Waals surface area contributed by atoms with Crippen LogP contribution < -0.4 is 14.4 Å². The first-order chi connectivity index (χ1) is 14.8. The van der Waals surface area contributed by atoms with E-state index in [1.165, 1.54) is 0 Å². The van der Waals surface area contributed by atoms with Gasteiger partial charge in [0.25, 0.3) is 5.91 Å². The molecule has 2 aromatic rings. The second kappa shape index (κ2) is 11.6. The molecule has 3 fully saturated rings. The third-order valence-electron chi connectivity index (χ3n) is 4.99. The van der Waals surface area contributed by atoms with E-state index >= 15 is 0 Å². The van der Waals surface area contributed by atoms with Crippen molar-refractivity contribution in [3.63, 3.8) is 0 Å². The van der Waals surface area contributed by atoms with E-state index in [1.807, 2.05) is 112 Å². The van der Waals surface area contributed by atoms with Gasteiger partial charge in [0.15, 0.2) is 6.10 Å². The normalized spacial score (nSPS) is 22.7. The number of methoxy groups -OCH3 is 1. The number of ether oxygens (including phenoxy) is 2. The quantitative estimate of drug-likeness (QED) is 0.501. The minimum absolute atomic E-state index is 0. The topological polar surface area (TPSA) is 38.8 Å². The first-order valence-corrected chi connectivity index (χ1v) is 9.85. The molecule has 0 spiro atoms. The molecule has 1 aliphatic heterocycles. The Morgan fingerprint density at radius 3 is 1.87 bits per heavy atom. The van der Waals surface area contributed by atoms with Gasteiger partial charge in [-0.15, -0.1) is 0 Å². The van der Waals surface area contributed by atoms with E-state index in [-0.39, 0.29) is 29.0 Å². The standard InChI is InChI=1S/C21H18NO3.C5H5.Fe/c1-24-17-13-11-16(12-14-17)22-19(15-7-5-6-8-15)20(21(22)23)25-18-9-3-2-4-10-18;1-2-4-5-3-1;/h2-14,19-20H,1H3;1-5H;/q;;+2/t19-,20-;;/m0../s1. The summed E-state index contributed by atoms with van der Waals surface area (Å²) in [7, 11) is 1.63. The molecule has 4 nitrogen and oxygen atoms in total. The van der Waals surface area contributed by atoms with Crippen LogP contribution in [0.25, 0.3) is 0 Å². The third-order valence-corrected chi connectivity index (χ3v) is 4.99. The van der Waals surface area contributed by atoms with Crippen molar-refractivity contribution in [3.05, 3.63) is 118 Å². The van der Waals surface area contributed by atoms with Crippen LogP contribution in [0.1, 0.15) is 0 Å². The number of hydrogen-bond acceptors (Lipinski definition) is 3. The maximum atomic E-state index is 12.8. The van der Waals surface area contributed by atoms with Gasteiger partial charge in [-0.2, -0.15) is 0 Å². The van der Waals surface area contributed by atoms with E-state index in [0.717, 1.165) is 17.4 Å². The summed E-state index contributed by atoms with van der Waals surface area (Å²) in [5, 5.41) is 0. The van der Waals surface area contributed by atoms with E-state index in [2.05, 4.69) is 0 Å². The predicted octanol–water partition coefficient (Wildman–Crippen LogP) is 4.28. The van der Waals surface area contributed by atoms with Crippen LogP contribution in [0.2, 0.25) is 0 Å². The summed E-state index contributed by atoms with van der Waals surface area (Å²) in [6, 6.07) is 16.8. The van der Waals surface area contributed by atoms with Gasteiger partial charge in [-0.1, -0.05) is 18.2 Å². The van der Waals surface area contributed by atoms with Gasteiger partial charge in [-0.05, 0) is 94.2 Å². The molecule has 2 aromatic carbocycles. The van der Waals surface area contributed by atoms with E-state index in [9.17, 15) is 4.79 Å². The number of hydrogen-bond donors (Lipinski definition) is 0. The van der Waals surface area contributed by atoms with Crippen molar-refractivity contribution in [3.8, 4) is 11.5 Å². The van der Waals surface area contributed by atoms with Crippen LogP contribution in [-0.2, 0) is 21.9 Å². The summed E-state index contributed by atoms with van der Waals surface area (Å²) in [6.07, 6.45) is 17.5. The minimum Gasteiger partial charge on any atom is -0.497 e. The fraction of sp³-hybridized carbons (Fsp3) is 0.115. The molecule has 2 saturated carbocycles. The van der Waals surface area contributed by atoms with Gasteiger partial charge >= 0.3 is 17.1 Å². The molecule has 1 saturated heterocycles. The summed E-state index contributed by atoms with van der Waals surface area (Å²) in [6.45, 7) is 0. The van der Waals surface area contributed by atoms with Gasteiger partial charge in [-0.3, -0.25) is 4.79 Å². The first-order valence-electron chi connectivity index (χ1n) is 9.85. The molecule has 156 valence electrons. The SMILES string of the molecule is COc1ccc(N2C(=O)[C@@H](Oc3ccccc3)[C@@H]2[C]2[CH][CH][CH][CH]2)cc1.[CH]1[CH][CH][CH][CH]1.[Fe+2]. The second-order valence-corrected chi connectivity index (χ2v) is 6.88. The van der Waals surface area contributed by atoms with Crippen molar-refractivity contribution >= 4 is 11.6 Å². The van der Waals surface area contributed by atoms with Crippen LogP contribution in [-0.4, -0.2) is 25.2 Å². The fourth-order valence-electron chi connectivity index (χ4n) is 3.48. The molecular weight excluding hydrogens is 430 g/mol. The zero-order chi connectivity index (χ0) is 20.8. The van der Waals surface area contributed by atoms with Crippen molar-refractivity contribution in [1.82, 2.24) is 0 Å². The molecular formula is C26H23FeNO3+2. The summed E-state index contributed by atoms with van der Waals surface area (Å²) in [5.74, 6) is 2.49. The molecule has 10 radical (unpaired) electrons. The minimum atomic E-state index is -0.521. The molecule has 2 atom stereocenters. The van der Waals surface area contributed by atoms with Crippen molar-refractivity contribution in [2.75, 3.05) is 12.0 Å². The Labute approximate surface area is 196 Å². The Morgan fingerprint density at radius 1 is 0.742 bits per heavy atom. The molecule has 0 aromatic heterocycles. The van der Waals surface area contributed by atoms with Gasteiger partial charge in [-0.25, -0.2) is 0 Å². The maximum Gasteiger partial charge on any atom is 2.00 e. The Balaban J connectivity index is 0.000000401. The summed E-state index contributed by atoms with van der Waals surface area (Å²) < 4.78 is 11.2. The average molecular weight is 453 g/mol. The molecule has 0 unspecified atom stereocenters. The van der Waals surface area contributed by atoms with Gasteiger partial charge in [0.2, 0.25) is 0 Å². The number of benzene rings is 2. The van der Waals surface area contributed by atoms with Gasteiger partial charge in [0, 0.05) is 11.6 Å². The number of carbonyl (C=O) groups is 1. The van der Waals surface area contributed by atoms with Crippen LogP contribution in [0.4, 0.5) is 5.69 Å². The first kappa shape index (κ1) is 23.7. The van der Waals surface area contributed by atoms with Gasteiger partial charge in [0.05, 0.1) is 13.2 Å². The molecule has 5 rings (SSSR count). The van der Waals surface area contributed by atoms with E-state index in [1.54, 1.807) is 12.0 Å². The number of rotatable bonds is 5. The zero-order valence-electron chi connectivity index (χ0n) is 17.1. The second-order valence-electron chi connectivity index (χ2n) is 6.88. The van der Waals surface area contributed by atoms with Crippen LogP contribution >= 0.6 is 0 Å². The van der Waals surface area contributed by atoms with Crippen LogP contribution in [0, 0.1) is 63.7 Å². The molecule has 2 aliphatic carbocycles. The summed E-state index contributed by atoms with van der Waals surface area (Å²) >= 11 is 0. The van der Waals surface area contributed by atoms with E-state index in [4.69, 9.17) is 9.47 Å². The largest absolute Gasteiger partial charge is 2.00 e. The van der Waals surface area contributed by atoms with Crippen LogP contribution in [0.3, 0.4) is 0 Å². The van der Waals surface area contributed by atoms with Gasteiger partial charge < -0.3 is 14.4 Å². The monoisotopic (exact) mass is 453 g/mol. The summed E-state index contributed by atoms with van der Waals surface area (Å²) in [5.41, 5.74) is 0.838. The van der Waals surface area contributed by atoms with E-state index < -0.39 is 6.10 Å². The number of β-lactam (4-membered cyclic amide) rings is 1. The Kier molecular flexibility index (Phi) is 8.86. The Morgan fingerprint density at radius 2 is 1.32 bits per heavy atom. The van der Waals surface area contributed by atoms with Crippen molar-refractivity contribution in [2.45, 2.75) is 12.1 Å². The molecule has 3 aliphatic rings. The average Bonchev–Trinajstić information content (AvgIpc) is 3.54. The van der Waals surface area contributed by atoms with Crippen molar-refractivity contribution in [2.24, 2.45) is 0 Å². The van der Waals surface area contributed by atoms with Crippen molar-refractivity contribution < 1.29 is 31.3 Å². The molecule has 5 heteroatoms. The Bertz CT molecular complexity index is 794. The Hall–Kier alpha value is -1.97. The zero-order valence-corrected chi connectivity index (χ0v) is 18.2. The number of carbonyl (C=O) groups excluding carboxylic acids is 1. The molecule has 1 heterocycles. The predicted molar refractivity (Wildman–Crippen MR) is 117 cm³/mol. The van der Waals surface area contributed by atoms with Crippen LogP contribution in [0.5, 0.6) is 11.5 Å². The molecule has 0 N–H and O–H groups in total. The van der Waals surface area contributed by atoms with Gasteiger partial charge in [0.1, 0.15) is 11.5 Å². The number of para-hydroxylation sites is 1. The third kappa shape index (κ3) is 5.64. The number of nitrogens with zero attached hydrogens (tertiary/aromatic N) is 1. The molecule has 31 heavy (non-hydrogen) atoms. The van der Waals surface area contributed by atoms with Crippen molar-refractivity contribution in [1.29, 1.82) is 0 Å². The summed E-state index contributed by atoms with van der Waals surface area (Å²) in [4.78, 5) is 14.6. The maximum absolute atomic E-state index is 12.8.